The molecule has 0 radical (unpaired) electrons. The summed E-state index contributed by atoms with van der Waals surface area (Å²) in [4.78, 5) is 1.38. The van der Waals surface area contributed by atoms with Crippen molar-refractivity contribution >= 4 is 35.2 Å². The van der Waals surface area contributed by atoms with Gasteiger partial charge in [-0.05, 0) is 35.5 Å². The summed E-state index contributed by atoms with van der Waals surface area (Å²) < 4.78 is 0. The highest BCUT2D eigenvalue weighted by Crippen LogP contribution is 2.39. The van der Waals surface area contributed by atoms with Crippen LogP contribution in [0.3, 0.4) is 0 Å². The zero-order valence-corrected chi connectivity index (χ0v) is 14.9. The van der Waals surface area contributed by atoms with Crippen molar-refractivity contribution in [3.8, 4) is 10.4 Å². The lowest BCUT2D eigenvalue weighted by Crippen LogP contribution is -2.20. The molecule has 0 nitrogen and oxygen atoms in total. The standard InChI is InChI=1S/C22H17PS/c1-4-10-18(11-5-1)22-21(16-17-24-22)23(19-12-6-2-7-13-19)20-14-8-3-9-15-20/h1-17H. The molecule has 2 heteroatoms. The Balaban J connectivity index is 1.89. The summed E-state index contributed by atoms with van der Waals surface area (Å²) in [5.74, 6) is 0. The predicted octanol–water partition coefficient (Wildman–Crippen LogP) is 5.17. The maximum absolute atomic E-state index is 2.30. The van der Waals surface area contributed by atoms with Gasteiger partial charge < -0.3 is 0 Å². The van der Waals surface area contributed by atoms with Gasteiger partial charge in [-0.1, -0.05) is 91.0 Å². The number of rotatable bonds is 4. The predicted molar refractivity (Wildman–Crippen MR) is 108 cm³/mol. The third-order valence-electron chi connectivity index (χ3n) is 3.95. The lowest BCUT2D eigenvalue weighted by molar-refractivity contribution is 1.71. The van der Waals surface area contributed by atoms with Gasteiger partial charge in [0.1, 0.15) is 0 Å². The first-order chi connectivity index (χ1) is 11.9. The highest BCUT2D eigenvalue weighted by Gasteiger charge is 2.20. The number of thiophene rings is 1. The fraction of sp³-hybridized carbons (Fsp3) is 0. The van der Waals surface area contributed by atoms with Gasteiger partial charge in [-0.2, -0.15) is 0 Å². The molecular formula is C22H17PS. The summed E-state index contributed by atoms with van der Waals surface area (Å²) in [6, 6.07) is 34.8. The van der Waals surface area contributed by atoms with Crippen LogP contribution in [0.25, 0.3) is 10.4 Å². The van der Waals surface area contributed by atoms with Crippen molar-refractivity contribution in [2.75, 3.05) is 0 Å². The van der Waals surface area contributed by atoms with Crippen LogP contribution < -0.4 is 15.9 Å². The van der Waals surface area contributed by atoms with Crippen LogP contribution in [0.4, 0.5) is 0 Å². The molecule has 3 aromatic carbocycles. The van der Waals surface area contributed by atoms with Gasteiger partial charge in [0.2, 0.25) is 0 Å². The Hall–Kier alpha value is -2.21. The van der Waals surface area contributed by atoms with Gasteiger partial charge in [0.05, 0.1) is 0 Å². The minimum Gasteiger partial charge on any atom is -0.143 e. The van der Waals surface area contributed by atoms with Crippen LogP contribution in [0.15, 0.2) is 102 Å². The molecular weight excluding hydrogens is 327 g/mol. The Kier molecular flexibility index (Phi) is 4.55. The maximum Gasteiger partial charge on any atom is 0.0426 e. The Morgan fingerprint density at radius 2 is 1.04 bits per heavy atom. The minimum absolute atomic E-state index is 0.543. The smallest absolute Gasteiger partial charge is 0.0426 e. The summed E-state index contributed by atoms with van der Waals surface area (Å²) in [6.07, 6.45) is 0. The highest BCUT2D eigenvalue weighted by atomic mass is 32.1. The Morgan fingerprint density at radius 1 is 0.542 bits per heavy atom. The van der Waals surface area contributed by atoms with E-state index in [0.717, 1.165) is 0 Å². The Bertz CT molecular complexity index is 859. The summed E-state index contributed by atoms with van der Waals surface area (Å²) in [7, 11) is -0.543. The molecule has 0 aliphatic carbocycles. The topological polar surface area (TPSA) is 0 Å². The lowest BCUT2D eigenvalue weighted by atomic mass is 10.2. The van der Waals surface area contributed by atoms with Gasteiger partial charge in [0.25, 0.3) is 0 Å². The van der Waals surface area contributed by atoms with Gasteiger partial charge in [-0.25, -0.2) is 0 Å². The Morgan fingerprint density at radius 3 is 1.58 bits per heavy atom. The van der Waals surface area contributed by atoms with E-state index in [9.17, 15) is 0 Å². The second-order valence-electron chi connectivity index (χ2n) is 5.51. The molecule has 0 N–H and O–H groups in total. The van der Waals surface area contributed by atoms with Crippen molar-refractivity contribution in [1.29, 1.82) is 0 Å². The highest BCUT2D eigenvalue weighted by molar-refractivity contribution is 7.80. The van der Waals surface area contributed by atoms with E-state index in [0.29, 0.717) is 0 Å². The van der Waals surface area contributed by atoms with Gasteiger partial charge in [0.15, 0.2) is 0 Å². The lowest BCUT2D eigenvalue weighted by Gasteiger charge is -2.19. The van der Waals surface area contributed by atoms with Crippen molar-refractivity contribution in [2.24, 2.45) is 0 Å². The van der Waals surface area contributed by atoms with Crippen LogP contribution in [-0.4, -0.2) is 0 Å². The molecule has 0 amide bonds. The first-order valence-corrected chi connectivity index (χ1v) is 10.2. The van der Waals surface area contributed by atoms with Crippen LogP contribution in [0.2, 0.25) is 0 Å². The molecule has 0 fully saturated rings. The van der Waals surface area contributed by atoms with E-state index in [-0.39, 0.29) is 0 Å². The molecule has 0 atom stereocenters. The fourth-order valence-electron chi connectivity index (χ4n) is 2.87. The van der Waals surface area contributed by atoms with Crippen LogP contribution >= 0.6 is 19.3 Å². The molecule has 0 saturated heterocycles. The average Bonchev–Trinajstić information content (AvgIpc) is 3.14. The molecule has 0 aliphatic heterocycles. The second kappa shape index (κ2) is 7.13. The van der Waals surface area contributed by atoms with E-state index in [2.05, 4.69) is 102 Å². The molecule has 1 heterocycles. The van der Waals surface area contributed by atoms with E-state index >= 15 is 0 Å². The molecule has 0 bridgehead atoms. The van der Waals surface area contributed by atoms with Crippen LogP contribution in [-0.2, 0) is 0 Å². The third kappa shape index (κ3) is 3.06. The SMILES string of the molecule is c1ccc(-c2sccc2P(c2ccccc2)c2ccccc2)cc1. The van der Waals surface area contributed by atoms with E-state index in [4.69, 9.17) is 0 Å². The molecule has 4 rings (SSSR count). The molecule has 0 spiro atoms. The van der Waals surface area contributed by atoms with E-state index in [1.54, 1.807) is 0 Å². The molecule has 0 aliphatic rings. The van der Waals surface area contributed by atoms with Gasteiger partial charge in [0, 0.05) is 10.2 Å². The molecule has 4 aromatic rings. The Labute approximate surface area is 148 Å². The number of hydrogen-bond donors (Lipinski definition) is 0. The number of benzene rings is 3. The van der Waals surface area contributed by atoms with E-state index in [1.807, 2.05) is 11.3 Å². The van der Waals surface area contributed by atoms with Crippen molar-refractivity contribution in [3.63, 3.8) is 0 Å². The third-order valence-corrected chi connectivity index (χ3v) is 7.55. The zero-order valence-electron chi connectivity index (χ0n) is 13.2. The fourth-order valence-corrected chi connectivity index (χ4v) is 6.55. The van der Waals surface area contributed by atoms with Crippen molar-refractivity contribution < 1.29 is 0 Å². The maximum atomic E-state index is 2.30. The van der Waals surface area contributed by atoms with Crippen LogP contribution in [0.5, 0.6) is 0 Å². The summed E-state index contributed by atoms with van der Waals surface area (Å²) in [6.45, 7) is 0. The van der Waals surface area contributed by atoms with Crippen LogP contribution in [0, 0.1) is 0 Å². The van der Waals surface area contributed by atoms with Crippen molar-refractivity contribution in [3.05, 3.63) is 102 Å². The van der Waals surface area contributed by atoms with E-state index in [1.165, 1.54) is 26.4 Å². The molecule has 1 aromatic heterocycles. The normalized spacial score (nSPS) is 10.9. The van der Waals surface area contributed by atoms with Gasteiger partial charge in [-0.3, -0.25) is 0 Å². The quantitative estimate of drug-likeness (QED) is 0.448. The summed E-state index contributed by atoms with van der Waals surface area (Å²) >= 11 is 1.84. The summed E-state index contributed by atoms with van der Waals surface area (Å²) in [5, 5.41) is 6.46. The molecule has 24 heavy (non-hydrogen) atoms. The van der Waals surface area contributed by atoms with Crippen molar-refractivity contribution in [1.82, 2.24) is 0 Å². The zero-order chi connectivity index (χ0) is 16.2. The van der Waals surface area contributed by atoms with Gasteiger partial charge in [-0.15, -0.1) is 11.3 Å². The van der Waals surface area contributed by atoms with Gasteiger partial charge >= 0.3 is 0 Å². The van der Waals surface area contributed by atoms with Crippen LogP contribution in [0.1, 0.15) is 0 Å². The largest absolute Gasteiger partial charge is 0.143 e. The van der Waals surface area contributed by atoms with Crippen molar-refractivity contribution in [2.45, 2.75) is 0 Å². The minimum atomic E-state index is -0.543. The number of hydrogen-bond acceptors (Lipinski definition) is 1. The second-order valence-corrected chi connectivity index (χ2v) is 8.61. The first-order valence-electron chi connectivity index (χ1n) is 7.96. The first kappa shape index (κ1) is 15.3. The summed E-state index contributed by atoms with van der Waals surface area (Å²) in [5.41, 5.74) is 1.31. The van der Waals surface area contributed by atoms with E-state index < -0.39 is 7.92 Å². The average molecular weight is 344 g/mol. The monoisotopic (exact) mass is 344 g/mol. The molecule has 116 valence electrons. The molecule has 0 unspecified atom stereocenters. The molecule has 0 saturated carbocycles.